The molecular weight excluding hydrogens is 577 g/mol. The van der Waals surface area contributed by atoms with E-state index >= 15 is 4.39 Å². The largest absolute Gasteiger partial charge is 0.507 e. The second-order valence-corrected chi connectivity index (χ2v) is 11.1. The Kier molecular flexibility index (Phi) is 7.21. The number of anilines is 1. The summed E-state index contributed by atoms with van der Waals surface area (Å²) in [5.41, 5.74) is 0.328. The Morgan fingerprint density at radius 2 is 2.00 bits per heavy atom. The summed E-state index contributed by atoms with van der Waals surface area (Å²) in [5, 5.41) is 11.0. The van der Waals surface area contributed by atoms with Crippen molar-refractivity contribution in [2.24, 2.45) is 0 Å². The summed E-state index contributed by atoms with van der Waals surface area (Å²) in [5.74, 6) is -0.549. The van der Waals surface area contributed by atoms with Gasteiger partial charge in [0.15, 0.2) is 11.4 Å². The van der Waals surface area contributed by atoms with Crippen LogP contribution in [0.25, 0.3) is 28.0 Å². The summed E-state index contributed by atoms with van der Waals surface area (Å²) < 4.78 is 28.6. The molecule has 4 aromatic rings. The van der Waals surface area contributed by atoms with E-state index in [-0.39, 0.29) is 57.9 Å². The number of pyridine rings is 1. The van der Waals surface area contributed by atoms with Gasteiger partial charge >= 0.3 is 5.69 Å². The van der Waals surface area contributed by atoms with Crippen LogP contribution in [-0.2, 0) is 4.79 Å². The highest BCUT2D eigenvalue weighted by Gasteiger charge is 2.37. The van der Waals surface area contributed by atoms with Crippen LogP contribution < -0.4 is 20.1 Å². The quantitative estimate of drug-likeness (QED) is 0.327. The van der Waals surface area contributed by atoms with Gasteiger partial charge in [0, 0.05) is 19.6 Å². The number of carbonyl (C=O) groups excluding carboxylic acids is 1. The van der Waals surface area contributed by atoms with Crippen molar-refractivity contribution in [3.05, 3.63) is 75.9 Å². The lowest BCUT2D eigenvalue weighted by molar-refractivity contribution is -0.126. The zero-order chi connectivity index (χ0) is 30.6. The number of hydrogen-bond donors (Lipinski definition) is 1. The standard InChI is InChI=1S/C31H29ClFN5O5/c1-5-22(40)36-12-13-37-17(14-36)15-43-28-24-29(37)35-31(41)38(27-18(16(2)3)8-6-11-21(27)42-4)30(24)34-26(25(28)32)23-19(33)9-7-10-20(23)39/h5-11,16-17,39H,1,12-15H2,2-4H3/t17-/m1/s1. The van der Waals surface area contributed by atoms with Crippen molar-refractivity contribution >= 4 is 34.4 Å². The molecule has 6 rings (SSSR count). The molecule has 12 heteroatoms. The number of aromatic nitrogens is 3. The average Bonchev–Trinajstić information content (AvgIpc) is 3.15. The third kappa shape index (κ3) is 4.55. The van der Waals surface area contributed by atoms with Gasteiger partial charge in [0.2, 0.25) is 5.91 Å². The molecule has 1 saturated heterocycles. The van der Waals surface area contributed by atoms with Gasteiger partial charge < -0.3 is 24.4 Å². The molecule has 0 unspecified atom stereocenters. The molecule has 2 aromatic heterocycles. The van der Waals surface area contributed by atoms with Gasteiger partial charge in [-0.3, -0.25) is 4.79 Å². The number of aromatic hydroxyl groups is 1. The molecule has 0 bridgehead atoms. The first-order chi connectivity index (χ1) is 20.7. The molecule has 43 heavy (non-hydrogen) atoms. The molecule has 0 aliphatic carbocycles. The molecular formula is C31H29ClFN5O5. The Hall–Kier alpha value is -4.64. The second kappa shape index (κ2) is 10.9. The average molecular weight is 606 g/mol. The molecule has 2 aliphatic rings. The van der Waals surface area contributed by atoms with E-state index in [1.165, 1.54) is 36.0 Å². The number of methoxy groups -OCH3 is 1. The van der Waals surface area contributed by atoms with Crippen molar-refractivity contribution in [2.75, 3.05) is 38.3 Å². The van der Waals surface area contributed by atoms with Crippen molar-refractivity contribution in [1.29, 1.82) is 0 Å². The number of phenols is 1. The van der Waals surface area contributed by atoms with Crippen LogP contribution in [0.3, 0.4) is 0 Å². The highest BCUT2D eigenvalue weighted by molar-refractivity contribution is 6.36. The van der Waals surface area contributed by atoms with E-state index in [0.717, 1.165) is 5.56 Å². The number of phenolic OH excluding ortho intramolecular Hbond substituents is 1. The minimum atomic E-state index is -0.756. The number of fused-ring (bicyclic) bond motifs is 2. The maximum atomic E-state index is 15.3. The number of hydrogen-bond acceptors (Lipinski definition) is 8. The number of para-hydroxylation sites is 1. The van der Waals surface area contributed by atoms with E-state index in [0.29, 0.717) is 42.3 Å². The summed E-state index contributed by atoms with van der Waals surface area (Å²) in [6.45, 7) is 8.66. The van der Waals surface area contributed by atoms with Gasteiger partial charge in [0.05, 0.1) is 24.4 Å². The third-order valence-corrected chi connectivity index (χ3v) is 8.24. The normalized spacial score (nSPS) is 16.1. The number of amides is 1. The molecule has 1 atom stereocenters. The first-order valence-corrected chi connectivity index (χ1v) is 14.2. The van der Waals surface area contributed by atoms with Crippen molar-refractivity contribution in [2.45, 2.75) is 25.8 Å². The third-order valence-electron chi connectivity index (χ3n) is 7.89. The smallest absolute Gasteiger partial charge is 0.355 e. The predicted octanol–water partition coefficient (Wildman–Crippen LogP) is 4.67. The van der Waals surface area contributed by atoms with E-state index < -0.39 is 11.5 Å². The zero-order valence-corrected chi connectivity index (χ0v) is 24.6. The van der Waals surface area contributed by atoms with Crippen LogP contribution in [0.15, 0.2) is 53.8 Å². The minimum Gasteiger partial charge on any atom is -0.507 e. The summed E-state index contributed by atoms with van der Waals surface area (Å²) in [4.78, 5) is 39.4. The van der Waals surface area contributed by atoms with Gasteiger partial charge in [-0.25, -0.2) is 18.7 Å². The van der Waals surface area contributed by atoms with Crippen LogP contribution in [0.1, 0.15) is 25.3 Å². The second-order valence-electron chi connectivity index (χ2n) is 10.7. The molecule has 4 heterocycles. The number of benzene rings is 2. The van der Waals surface area contributed by atoms with Crippen LogP contribution >= 0.6 is 11.6 Å². The lowest BCUT2D eigenvalue weighted by atomic mass is 10.00. The predicted molar refractivity (Wildman–Crippen MR) is 161 cm³/mol. The lowest BCUT2D eigenvalue weighted by Crippen LogP contribution is -2.56. The van der Waals surface area contributed by atoms with E-state index in [1.807, 2.05) is 30.9 Å². The molecule has 1 amide bonds. The van der Waals surface area contributed by atoms with Crippen LogP contribution in [0.2, 0.25) is 5.02 Å². The highest BCUT2D eigenvalue weighted by Crippen LogP contribution is 2.47. The summed E-state index contributed by atoms with van der Waals surface area (Å²) in [6.07, 6.45) is 1.26. The summed E-state index contributed by atoms with van der Waals surface area (Å²) >= 11 is 6.92. The van der Waals surface area contributed by atoms with Gasteiger partial charge in [-0.1, -0.05) is 50.2 Å². The minimum absolute atomic E-state index is 0.0274. The molecule has 1 fully saturated rings. The molecule has 2 aromatic carbocycles. The van der Waals surface area contributed by atoms with E-state index in [9.17, 15) is 14.7 Å². The zero-order valence-electron chi connectivity index (χ0n) is 23.8. The fourth-order valence-corrected chi connectivity index (χ4v) is 6.12. The molecule has 0 saturated carbocycles. The Morgan fingerprint density at radius 1 is 1.23 bits per heavy atom. The number of ether oxygens (including phenoxy) is 2. The van der Waals surface area contributed by atoms with E-state index in [2.05, 4.69) is 11.6 Å². The number of rotatable bonds is 5. The Bertz CT molecular complexity index is 1840. The molecule has 222 valence electrons. The number of nitrogens with zero attached hydrogens (tertiary/aromatic N) is 5. The fraction of sp³-hybridized carbons (Fsp3) is 0.290. The summed E-state index contributed by atoms with van der Waals surface area (Å²) in [7, 11) is 1.50. The van der Waals surface area contributed by atoms with Gasteiger partial charge in [-0.15, -0.1) is 0 Å². The van der Waals surface area contributed by atoms with Gasteiger partial charge in [0.25, 0.3) is 0 Å². The topological polar surface area (TPSA) is 110 Å². The molecule has 10 nitrogen and oxygen atoms in total. The molecule has 0 spiro atoms. The van der Waals surface area contributed by atoms with Crippen LogP contribution in [0.4, 0.5) is 10.2 Å². The van der Waals surface area contributed by atoms with E-state index in [1.54, 1.807) is 11.0 Å². The van der Waals surface area contributed by atoms with Gasteiger partial charge in [-0.05, 0) is 35.8 Å². The maximum absolute atomic E-state index is 15.3. The Labute approximate surface area is 251 Å². The van der Waals surface area contributed by atoms with Crippen LogP contribution in [0, 0.1) is 5.82 Å². The maximum Gasteiger partial charge on any atom is 0.355 e. The van der Waals surface area contributed by atoms with Crippen LogP contribution in [-0.4, -0.2) is 69.8 Å². The van der Waals surface area contributed by atoms with Crippen molar-refractivity contribution in [1.82, 2.24) is 19.4 Å². The van der Waals surface area contributed by atoms with Crippen LogP contribution in [0.5, 0.6) is 17.2 Å². The molecule has 0 radical (unpaired) electrons. The Balaban J connectivity index is 1.72. The number of carbonyl (C=O) groups is 1. The van der Waals surface area contributed by atoms with Crippen molar-refractivity contribution < 1.29 is 23.8 Å². The van der Waals surface area contributed by atoms with Crippen molar-refractivity contribution in [3.63, 3.8) is 0 Å². The SMILES string of the molecule is C=CC(=O)N1CCN2c3nc(=O)n(-c4c(OC)cccc4C(C)C)c4nc(-c5c(O)cccc5F)c(Cl)c(c34)OC[C@H]2C1. The fourth-order valence-electron chi connectivity index (χ4n) is 5.83. The van der Waals surface area contributed by atoms with Crippen molar-refractivity contribution in [3.8, 4) is 34.2 Å². The first-order valence-electron chi connectivity index (χ1n) is 13.8. The molecule has 1 N–H and O–H groups in total. The van der Waals surface area contributed by atoms with E-state index in [4.69, 9.17) is 26.1 Å². The van der Waals surface area contributed by atoms with Gasteiger partial charge in [0.1, 0.15) is 45.8 Å². The Morgan fingerprint density at radius 3 is 2.70 bits per heavy atom. The first kappa shape index (κ1) is 28.5. The highest BCUT2D eigenvalue weighted by atomic mass is 35.5. The lowest BCUT2D eigenvalue weighted by Gasteiger charge is -2.40. The number of piperazine rings is 1. The summed E-state index contributed by atoms with van der Waals surface area (Å²) in [6, 6.07) is 8.94. The monoisotopic (exact) mass is 605 g/mol. The number of halogens is 2. The van der Waals surface area contributed by atoms with Gasteiger partial charge in [-0.2, -0.15) is 4.98 Å². The molecule has 2 aliphatic heterocycles.